The lowest BCUT2D eigenvalue weighted by Gasteiger charge is -2.33. The molecular formula is C12H18N2OS. The SMILES string of the molecule is CCc1csc(N2CCCCC2C(C)=O)n1. The van der Waals surface area contributed by atoms with E-state index in [1.165, 1.54) is 6.42 Å². The number of anilines is 1. The maximum Gasteiger partial charge on any atom is 0.186 e. The molecule has 0 bridgehead atoms. The van der Waals surface area contributed by atoms with Crippen molar-refractivity contribution in [3.63, 3.8) is 0 Å². The highest BCUT2D eigenvalue weighted by atomic mass is 32.1. The van der Waals surface area contributed by atoms with E-state index in [1.807, 2.05) is 0 Å². The summed E-state index contributed by atoms with van der Waals surface area (Å²) in [5, 5.41) is 3.12. The van der Waals surface area contributed by atoms with Crippen LogP contribution in [-0.2, 0) is 11.2 Å². The highest BCUT2D eigenvalue weighted by Gasteiger charge is 2.27. The van der Waals surface area contributed by atoms with Crippen molar-refractivity contribution in [1.82, 2.24) is 4.98 Å². The fourth-order valence-corrected chi connectivity index (χ4v) is 3.16. The van der Waals surface area contributed by atoms with Gasteiger partial charge in [-0.1, -0.05) is 6.92 Å². The van der Waals surface area contributed by atoms with Crippen molar-refractivity contribution in [2.75, 3.05) is 11.4 Å². The van der Waals surface area contributed by atoms with Crippen molar-refractivity contribution in [3.05, 3.63) is 11.1 Å². The topological polar surface area (TPSA) is 33.2 Å². The van der Waals surface area contributed by atoms with Crippen LogP contribution in [0.1, 0.15) is 38.8 Å². The lowest BCUT2D eigenvalue weighted by Crippen LogP contribution is -2.43. The Morgan fingerprint density at radius 3 is 3.06 bits per heavy atom. The minimum absolute atomic E-state index is 0.0598. The quantitative estimate of drug-likeness (QED) is 0.811. The molecule has 1 aromatic heterocycles. The highest BCUT2D eigenvalue weighted by Crippen LogP contribution is 2.28. The Bertz CT molecular complexity index is 375. The lowest BCUT2D eigenvalue weighted by atomic mass is 10.00. The Morgan fingerprint density at radius 1 is 1.62 bits per heavy atom. The summed E-state index contributed by atoms with van der Waals surface area (Å²) in [4.78, 5) is 18.4. The second kappa shape index (κ2) is 4.95. The van der Waals surface area contributed by atoms with Crippen molar-refractivity contribution in [1.29, 1.82) is 0 Å². The van der Waals surface area contributed by atoms with Crippen LogP contribution >= 0.6 is 11.3 Å². The number of carbonyl (C=O) groups is 1. The number of rotatable bonds is 3. The van der Waals surface area contributed by atoms with Crippen molar-refractivity contribution < 1.29 is 4.79 Å². The predicted octanol–water partition coefficient (Wildman–Crippen LogP) is 2.65. The molecule has 0 aliphatic carbocycles. The van der Waals surface area contributed by atoms with Gasteiger partial charge in [-0.25, -0.2) is 4.98 Å². The zero-order chi connectivity index (χ0) is 11.5. The van der Waals surface area contributed by atoms with Crippen molar-refractivity contribution in [2.45, 2.75) is 45.6 Å². The molecule has 1 aromatic rings. The van der Waals surface area contributed by atoms with Crippen LogP contribution < -0.4 is 4.90 Å². The van der Waals surface area contributed by atoms with Crippen molar-refractivity contribution in [3.8, 4) is 0 Å². The summed E-state index contributed by atoms with van der Waals surface area (Å²) >= 11 is 1.66. The normalized spacial score (nSPS) is 21.1. The number of Topliss-reactive ketones (excluding diaryl/α,β-unsaturated/α-hetero) is 1. The first-order valence-electron chi connectivity index (χ1n) is 5.94. The third-order valence-electron chi connectivity index (χ3n) is 3.12. The van der Waals surface area contributed by atoms with Gasteiger partial charge in [0.25, 0.3) is 0 Å². The maximum absolute atomic E-state index is 11.6. The molecule has 1 fully saturated rings. The van der Waals surface area contributed by atoms with Gasteiger partial charge in [-0.3, -0.25) is 4.79 Å². The third-order valence-corrected chi connectivity index (χ3v) is 4.05. The van der Waals surface area contributed by atoms with E-state index in [1.54, 1.807) is 18.3 Å². The number of thiazole rings is 1. The predicted molar refractivity (Wildman–Crippen MR) is 67.2 cm³/mol. The van der Waals surface area contributed by atoms with Crippen molar-refractivity contribution in [2.24, 2.45) is 0 Å². The van der Waals surface area contributed by atoms with E-state index >= 15 is 0 Å². The van der Waals surface area contributed by atoms with E-state index in [0.29, 0.717) is 0 Å². The molecule has 4 heteroatoms. The first-order valence-corrected chi connectivity index (χ1v) is 6.82. The second-order valence-corrected chi connectivity index (χ2v) is 5.13. The number of nitrogens with zero attached hydrogens (tertiary/aromatic N) is 2. The Hall–Kier alpha value is -0.900. The van der Waals surface area contributed by atoms with Crippen molar-refractivity contribution >= 4 is 22.3 Å². The average molecular weight is 238 g/mol. The fraction of sp³-hybridized carbons (Fsp3) is 0.667. The van der Waals surface area contributed by atoms with Crippen LogP contribution in [0, 0.1) is 0 Å². The molecule has 1 saturated heterocycles. The number of aryl methyl sites for hydroxylation is 1. The average Bonchev–Trinajstić information content (AvgIpc) is 2.77. The number of piperidine rings is 1. The molecular weight excluding hydrogens is 220 g/mol. The Balaban J connectivity index is 2.19. The zero-order valence-electron chi connectivity index (χ0n) is 9.90. The van der Waals surface area contributed by atoms with Gasteiger partial charge in [0.05, 0.1) is 11.7 Å². The highest BCUT2D eigenvalue weighted by molar-refractivity contribution is 7.13. The van der Waals surface area contributed by atoms with E-state index in [-0.39, 0.29) is 11.8 Å². The standard InChI is InChI=1S/C12H18N2OS/c1-3-10-8-16-12(13-10)14-7-5-4-6-11(14)9(2)15/h8,11H,3-7H2,1-2H3. The molecule has 0 amide bonds. The summed E-state index contributed by atoms with van der Waals surface area (Å²) in [6.45, 7) is 4.77. The molecule has 16 heavy (non-hydrogen) atoms. The Labute approximate surface area is 100 Å². The minimum Gasteiger partial charge on any atom is -0.338 e. The van der Waals surface area contributed by atoms with E-state index in [2.05, 4.69) is 22.2 Å². The molecule has 3 nitrogen and oxygen atoms in total. The number of ketones is 1. The van der Waals surface area contributed by atoms with Crippen LogP contribution in [-0.4, -0.2) is 23.4 Å². The van der Waals surface area contributed by atoms with Gasteiger partial charge in [-0.15, -0.1) is 11.3 Å². The van der Waals surface area contributed by atoms with Gasteiger partial charge in [0.2, 0.25) is 0 Å². The van der Waals surface area contributed by atoms with Crippen LogP contribution in [0.4, 0.5) is 5.13 Å². The molecule has 0 saturated carbocycles. The first-order chi connectivity index (χ1) is 7.72. The van der Waals surface area contributed by atoms with Crippen LogP contribution in [0.2, 0.25) is 0 Å². The summed E-state index contributed by atoms with van der Waals surface area (Å²) in [6.07, 6.45) is 4.28. The van der Waals surface area contributed by atoms with Crippen LogP contribution in [0.15, 0.2) is 5.38 Å². The summed E-state index contributed by atoms with van der Waals surface area (Å²) in [6, 6.07) is 0.0598. The minimum atomic E-state index is 0.0598. The smallest absolute Gasteiger partial charge is 0.186 e. The van der Waals surface area contributed by atoms with Crippen LogP contribution in [0.5, 0.6) is 0 Å². The van der Waals surface area contributed by atoms with Gasteiger partial charge in [-0.05, 0) is 32.6 Å². The molecule has 0 N–H and O–H groups in total. The Morgan fingerprint density at radius 2 is 2.44 bits per heavy atom. The zero-order valence-corrected chi connectivity index (χ0v) is 10.7. The molecule has 0 aromatic carbocycles. The van der Waals surface area contributed by atoms with Gasteiger partial charge in [0.1, 0.15) is 0 Å². The molecule has 0 radical (unpaired) electrons. The Kier molecular flexibility index (Phi) is 3.59. The largest absolute Gasteiger partial charge is 0.338 e. The molecule has 1 aliphatic rings. The van der Waals surface area contributed by atoms with E-state index in [0.717, 1.165) is 36.6 Å². The summed E-state index contributed by atoms with van der Waals surface area (Å²) < 4.78 is 0. The van der Waals surface area contributed by atoms with E-state index in [4.69, 9.17) is 0 Å². The molecule has 88 valence electrons. The van der Waals surface area contributed by atoms with Gasteiger partial charge in [0, 0.05) is 11.9 Å². The molecule has 2 heterocycles. The van der Waals surface area contributed by atoms with Crippen LogP contribution in [0.25, 0.3) is 0 Å². The summed E-state index contributed by atoms with van der Waals surface area (Å²) in [5.41, 5.74) is 1.13. The molecule has 1 unspecified atom stereocenters. The third kappa shape index (κ3) is 2.26. The maximum atomic E-state index is 11.6. The summed E-state index contributed by atoms with van der Waals surface area (Å²) in [5.74, 6) is 0.271. The van der Waals surface area contributed by atoms with Gasteiger partial charge in [0.15, 0.2) is 10.9 Å². The van der Waals surface area contributed by atoms with Gasteiger partial charge >= 0.3 is 0 Å². The molecule has 0 spiro atoms. The number of carbonyl (C=O) groups excluding carboxylic acids is 1. The van der Waals surface area contributed by atoms with E-state index < -0.39 is 0 Å². The fourth-order valence-electron chi connectivity index (χ4n) is 2.17. The second-order valence-electron chi connectivity index (χ2n) is 4.29. The molecule has 1 atom stereocenters. The number of hydrogen-bond donors (Lipinski definition) is 0. The summed E-state index contributed by atoms with van der Waals surface area (Å²) in [7, 11) is 0. The lowest BCUT2D eigenvalue weighted by molar-refractivity contribution is -0.118. The van der Waals surface area contributed by atoms with Gasteiger partial charge in [-0.2, -0.15) is 0 Å². The van der Waals surface area contributed by atoms with Gasteiger partial charge < -0.3 is 4.90 Å². The molecule has 1 aliphatic heterocycles. The van der Waals surface area contributed by atoms with Crippen LogP contribution in [0.3, 0.4) is 0 Å². The molecule has 2 rings (SSSR count). The number of hydrogen-bond acceptors (Lipinski definition) is 4. The van der Waals surface area contributed by atoms with E-state index in [9.17, 15) is 4.79 Å². The number of aromatic nitrogens is 1. The first kappa shape index (κ1) is 11.6. The monoisotopic (exact) mass is 238 g/mol.